The van der Waals surface area contributed by atoms with Crippen molar-refractivity contribution in [2.75, 3.05) is 13.7 Å². The molecule has 0 heterocycles. The minimum Gasteiger partial charge on any atom is -0.496 e. The molecule has 0 spiro atoms. The molecule has 0 aliphatic carbocycles. The summed E-state index contributed by atoms with van der Waals surface area (Å²) in [6.07, 6.45) is 0. The Hall–Kier alpha value is -1.32. The fourth-order valence-electron chi connectivity index (χ4n) is 2.58. The quantitative estimate of drug-likeness (QED) is 0.840. The van der Waals surface area contributed by atoms with E-state index in [0.29, 0.717) is 0 Å². The fraction of sp³-hybridized carbons (Fsp3) is 0.333. The Morgan fingerprint density at radius 1 is 1.10 bits per heavy atom. The molecule has 2 aromatic carbocycles. The molecule has 21 heavy (non-hydrogen) atoms. The standard InChI is InChI=1S/C18H22BrNO/c1-5-20-18(14-9-7-6-8-12(14)2)15-11-16(19)13(3)10-17(15)21-4/h6-11,18,20H,5H2,1-4H3. The third-order valence-corrected chi connectivity index (χ3v) is 4.58. The van der Waals surface area contributed by atoms with Crippen molar-refractivity contribution in [2.45, 2.75) is 26.8 Å². The van der Waals surface area contributed by atoms with Crippen molar-refractivity contribution in [1.29, 1.82) is 0 Å². The van der Waals surface area contributed by atoms with Gasteiger partial charge in [-0.05, 0) is 49.2 Å². The largest absolute Gasteiger partial charge is 0.496 e. The lowest BCUT2D eigenvalue weighted by Crippen LogP contribution is -2.23. The van der Waals surface area contributed by atoms with Gasteiger partial charge in [0.2, 0.25) is 0 Å². The van der Waals surface area contributed by atoms with Gasteiger partial charge in [0, 0.05) is 10.0 Å². The summed E-state index contributed by atoms with van der Waals surface area (Å²) >= 11 is 3.64. The monoisotopic (exact) mass is 347 g/mol. The van der Waals surface area contributed by atoms with Crippen molar-refractivity contribution in [1.82, 2.24) is 5.32 Å². The lowest BCUT2D eigenvalue weighted by molar-refractivity contribution is 0.404. The summed E-state index contributed by atoms with van der Waals surface area (Å²) < 4.78 is 6.72. The van der Waals surface area contributed by atoms with E-state index in [-0.39, 0.29) is 6.04 Å². The lowest BCUT2D eigenvalue weighted by Gasteiger charge is -2.23. The number of halogens is 1. The zero-order chi connectivity index (χ0) is 15.4. The Kier molecular flexibility index (Phi) is 5.43. The van der Waals surface area contributed by atoms with E-state index in [1.54, 1.807) is 7.11 Å². The predicted octanol–water partition coefficient (Wildman–Crippen LogP) is 4.77. The summed E-state index contributed by atoms with van der Waals surface area (Å²) in [6.45, 7) is 7.25. The van der Waals surface area contributed by atoms with Crippen LogP contribution in [-0.4, -0.2) is 13.7 Å². The van der Waals surface area contributed by atoms with Gasteiger partial charge < -0.3 is 10.1 Å². The van der Waals surface area contributed by atoms with Gasteiger partial charge in [0.1, 0.15) is 5.75 Å². The van der Waals surface area contributed by atoms with E-state index in [1.807, 2.05) is 0 Å². The highest BCUT2D eigenvalue weighted by molar-refractivity contribution is 9.10. The topological polar surface area (TPSA) is 21.3 Å². The van der Waals surface area contributed by atoms with Gasteiger partial charge in [0.25, 0.3) is 0 Å². The van der Waals surface area contributed by atoms with Crippen LogP contribution in [0.4, 0.5) is 0 Å². The maximum absolute atomic E-state index is 5.61. The molecular weight excluding hydrogens is 326 g/mol. The molecule has 2 aromatic rings. The van der Waals surface area contributed by atoms with Crippen molar-refractivity contribution in [3.63, 3.8) is 0 Å². The minimum absolute atomic E-state index is 0.128. The molecule has 1 unspecified atom stereocenters. The van der Waals surface area contributed by atoms with E-state index in [9.17, 15) is 0 Å². The first-order chi connectivity index (χ1) is 10.1. The third kappa shape index (κ3) is 3.47. The maximum Gasteiger partial charge on any atom is 0.124 e. The van der Waals surface area contributed by atoms with Gasteiger partial charge in [-0.1, -0.05) is 47.1 Å². The highest BCUT2D eigenvalue weighted by Gasteiger charge is 2.20. The number of ether oxygens (including phenoxy) is 1. The Bertz CT molecular complexity index is 625. The second-order valence-corrected chi connectivity index (χ2v) is 6.04. The first-order valence-corrected chi connectivity index (χ1v) is 8.00. The highest BCUT2D eigenvalue weighted by atomic mass is 79.9. The Morgan fingerprint density at radius 3 is 2.43 bits per heavy atom. The van der Waals surface area contributed by atoms with E-state index in [1.165, 1.54) is 16.7 Å². The number of hydrogen-bond acceptors (Lipinski definition) is 2. The molecule has 1 N–H and O–H groups in total. The fourth-order valence-corrected chi connectivity index (χ4v) is 2.94. The zero-order valence-electron chi connectivity index (χ0n) is 13.0. The average molecular weight is 348 g/mol. The van der Waals surface area contributed by atoms with Gasteiger partial charge in [0.15, 0.2) is 0 Å². The predicted molar refractivity (Wildman–Crippen MR) is 92.1 cm³/mol. The van der Waals surface area contributed by atoms with Crippen LogP contribution in [0.3, 0.4) is 0 Å². The number of benzene rings is 2. The van der Waals surface area contributed by atoms with Gasteiger partial charge in [0.05, 0.1) is 13.2 Å². The van der Waals surface area contributed by atoms with E-state index in [2.05, 4.69) is 78.4 Å². The maximum atomic E-state index is 5.61. The van der Waals surface area contributed by atoms with E-state index >= 15 is 0 Å². The van der Waals surface area contributed by atoms with Crippen LogP contribution in [0.1, 0.15) is 35.2 Å². The molecule has 0 aliphatic rings. The first-order valence-electron chi connectivity index (χ1n) is 7.21. The van der Waals surface area contributed by atoms with Crippen LogP contribution >= 0.6 is 15.9 Å². The number of methoxy groups -OCH3 is 1. The molecule has 1 atom stereocenters. The number of aryl methyl sites for hydroxylation is 2. The van der Waals surface area contributed by atoms with Gasteiger partial charge >= 0.3 is 0 Å². The summed E-state index contributed by atoms with van der Waals surface area (Å²) in [6, 6.07) is 12.9. The molecule has 0 saturated heterocycles. The zero-order valence-corrected chi connectivity index (χ0v) is 14.6. The second kappa shape index (κ2) is 7.10. The van der Waals surface area contributed by atoms with Crippen molar-refractivity contribution in [3.8, 4) is 5.75 Å². The molecule has 2 nitrogen and oxygen atoms in total. The van der Waals surface area contributed by atoms with Crippen LogP contribution in [0.2, 0.25) is 0 Å². The smallest absolute Gasteiger partial charge is 0.124 e. The molecule has 0 saturated carbocycles. The van der Waals surface area contributed by atoms with Gasteiger partial charge in [-0.25, -0.2) is 0 Å². The summed E-state index contributed by atoms with van der Waals surface area (Å²) in [5.41, 5.74) is 4.90. The van der Waals surface area contributed by atoms with Crippen LogP contribution < -0.4 is 10.1 Å². The number of nitrogens with one attached hydrogen (secondary N) is 1. The van der Waals surface area contributed by atoms with E-state index in [0.717, 1.165) is 22.3 Å². The van der Waals surface area contributed by atoms with Crippen molar-refractivity contribution in [3.05, 3.63) is 63.1 Å². The molecule has 2 rings (SSSR count). The lowest BCUT2D eigenvalue weighted by atomic mass is 9.93. The van der Waals surface area contributed by atoms with Crippen LogP contribution in [0.15, 0.2) is 40.9 Å². The van der Waals surface area contributed by atoms with Crippen molar-refractivity contribution in [2.24, 2.45) is 0 Å². The number of hydrogen-bond donors (Lipinski definition) is 1. The normalized spacial score (nSPS) is 12.2. The van der Waals surface area contributed by atoms with Gasteiger partial charge in [-0.3, -0.25) is 0 Å². The highest BCUT2D eigenvalue weighted by Crippen LogP contribution is 2.35. The number of rotatable bonds is 5. The van der Waals surface area contributed by atoms with Crippen LogP contribution in [0, 0.1) is 13.8 Å². The Morgan fingerprint density at radius 2 is 1.81 bits per heavy atom. The van der Waals surface area contributed by atoms with Gasteiger partial charge in [-0.2, -0.15) is 0 Å². The molecular formula is C18H22BrNO. The Labute approximate surface area is 135 Å². The molecule has 0 amide bonds. The molecule has 3 heteroatoms. The Balaban J connectivity index is 2.58. The summed E-state index contributed by atoms with van der Waals surface area (Å²) in [4.78, 5) is 0. The molecule has 0 aromatic heterocycles. The third-order valence-electron chi connectivity index (χ3n) is 3.73. The first kappa shape index (κ1) is 16.1. The molecule has 0 fully saturated rings. The van der Waals surface area contributed by atoms with Crippen molar-refractivity contribution < 1.29 is 4.74 Å². The summed E-state index contributed by atoms with van der Waals surface area (Å²) in [5.74, 6) is 0.921. The molecule has 0 bridgehead atoms. The molecule has 0 radical (unpaired) electrons. The molecule has 0 aliphatic heterocycles. The van der Waals surface area contributed by atoms with Crippen LogP contribution in [0.25, 0.3) is 0 Å². The van der Waals surface area contributed by atoms with Crippen molar-refractivity contribution >= 4 is 15.9 Å². The summed E-state index contributed by atoms with van der Waals surface area (Å²) in [7, 11) is 1.73. The van der Waals surface area contributed by atoms with Crippen LogP contribution in [-0.2, 0) is 0 Å². The average Bonchev–Trinajstić information content (AvgIpc) is 2.48. The SMILES string of the molecule is CCNC(c1ccccc1C)c1cc(Br)c(C)cc1OC. The van der Waals surface area contributed by atoms with E-state index in [4.69, 9.17) is 4.74 Å². The second-order valence-electron chi connectivity index (χ2n) is 5.19. The molecule has 112 valence electrons. The summed E-state index contributed by atoms with van der Waals surface area (Å²) in [5, 5.41) is 3.58. The van der Waals surface area contributed by atoms with E-state index < -0.39 is 0 Å². The van der Waals surface area contributed by atoms with Crippen LogP contribution in [0.5, 0.6) is 5.75 Å². The van der Waals surface area contributed by atoms with Gasteiger partial charge in [-0.15, -0.1) is 0 Å². The minimum atomic E-state index is 0.128.